The maximum Gasteiger partial charge on any atom is 0.314 e. The number of carboxylic acid groups (broad SMARTS) is 2. The third-order valence-corrected chi connectivity index (χ3v) is 4.47. The quantitative estimate of drug-likeness (QED) is 0.554. The van der Waals surface area contributed by atoms with Crippen LogP contribution >= 0.6 is 0 Å². The molecule has 0 aromatic rings. The van der Waals surface area contributed by atoms with Crippen molar-refractivity contribution >= 4 is 11.9 Å². The zero-order chi connectivity index (χ0) is 16.4. The van der Waals surface area contributed by atoms with E-state index >= 15 is 0 Å². The standard InChI is InChI=1S/C18H28O4/c1-2-3-4-5-6-7-8-10-13-18(17(21)22)14-11-9-12-15(18)16(19)20/h9,11-12,14-15H,2-8,10,13H2,1H3,(H,19,20)(H,21,22). The molecule has 0 saturated carbocycles. The van der Waals surface area contributed by atoms with E-state index in [1.165, 1.54) is 38.2 Å². The van der Waals surface area contributed by atoms with E-state index < -0.39 is 23.3 Å². The lowest BCUT2D eigenvalue weighted by atomic mass is 9.69. The van der Waals surface area contributed by atoms with Crippen LogP contribution < -0.4 is 0 Å². The van der Waals surface area contributed by atoms with Crippen LogP contribution in [0.1, 0.15) is 64.7 Å². The second kappa shape index (κ2) is 9.44. The topological polar surface area (TPSA) is 74.6 Å². The van der Waals surface area contributed by atoms with E-state index in [-0.39, 0.29) is 0 Å². The smallest absolute Gasteiger partial charge is 0.314 e. The lowest BCUT2D eigenvalue weighted by Gasteiger charge is -2.32. The first-order chi connectivity index (χ1) is 10.5. The molecule has 0 bridgehead atoms. The third-order valence-electron chi connectivity index (χ3n) is 4.47. The van der Waals surface area contributed by atoms with Gasteiger partial charge in [-0.3, -0.25) is 9.59 Å². The number of allylic oxidation sites excluding steroid dienone is 2. The highest BCUT2D eigenvalue weighted by Gasteiger charge is 2.46. The predicted molar refractivity (Wildman–Crippen MR) is 86.7 cm³/mol. The van der Waals surface area contributed by atoms with Crippen LogP contribution in [0.2, 0.25) is 0 Å². The minimum atomic E-state index is -1.29. The molecule has 0 heterocycles. The van der Waals surface area contributed by atoms with Gasteiger partial charge in [0.1, 0.15) is 5.41 Å². The van der Waals surface area contributed by atoms with Gasteiger partial charge in [-0.05, 0) is 6.42 Å². The molecule has 1 rings (SSSR count). The highest BCUT2D eigenvalue weighted by atomic mass is 16.4. The second-order valence-corrected chi connectivity index (χ2v) is 6.13. The average molecular weight is 308 g/mol. The van der Waals surface area contributed by atoms with Crippen LogP contribution in [-0.4, -0.2) is 22.2 Å². The van der Waals surface area contributed by atoms with E-state index in [9.17, 15) is 19.8 Å². The Balaban J connectivity index is 2.45. The fraction of sp³-hybridized carbons (Fsp3) is 0.667. The van der Waals surface area contributed by atoms with Gasteiger partial charge < -0.3 is 10.2 Å². The largest absolute Gasteiger partial charge is 0.481 e. The highest BCUT2D eigenvalue weighted by Crippen LogP contribution is 2.39. The van der Waals surface area contributed by atoms with Gasteiger partial charge in [-0.15, -0.1) is 0 Å². The molecule has 22 heavy (non-hydrogen) atoms. The average Bonchev–Trinajstić information content (AvgIpc) is 2.50. The Labute approximate surface area is 132 Å². The van der Waals surface area contributed by atoms with Crippen LogP contribution in [0.25, 0.3) is 0 Å². The summed E-state index contributed by atoms with van der Waals surface area (Å²) in [7, 11) is 0. The predicted octanol–water partition coefficient (Wildman–Crippen LogP) is 4.42. The van der Waals surface area contributed by atoms with Crippen molar-refractivity contribution in [1.82, 2.24) is 0 Å². The van der Waals surface area contributed by atoms with Gasteiger partial charge in [-0.2, -0.15) is 0 Å². The first-order valence-corrected chi connectivity index (χ1v) is 8.37. The molecule has 0 saturated heterocycles. The summed E-state index contributed by atoms with van der Waals surface area (Å²) in [5.74, 6) is -3.08. The van der Waals surface area contributed by atoms with Crippen molar-refractivity contribution in [2.45, 2.75) is 64.7 Å². The van der Waals surface area contributed by atoms with Gasteiger partial charge in [0.15, 0.2) is 0 Å². The van der Waals surface area contributed by atoms with Crippen molar-refractivity contribution in [3.63, 3.8) is 0 Å². The van der Waals surface area contributed by atoms with Gasteiger partial charge in [0.2, 0.25) is 0 Å². The van der Waals surface area contributed by atoms with Gasteiger partial charge in [0.25, 0.3) is 0 Å². The number of rotatable bonds is 11. The third kappa shape index (κ3) is 5.00. The van der Waals surface area contributed by atoms with E-state index in [0.717, 1.165) is 19.3 Å². The van der Waals surface area contributed by atoms with Crippen LogP contribution in [0.4, 0.5) is 0 Å². The summed E-state index contributed by atoms with van der Waals surface area (Å²) >= 11 is 0. The van der Waals surface area contributed by atoms with Crippen LogP contribution in [0.3, 0.4) is 0 Å². The molecule has 4 nitrogen and oxygen atoms in total. The van der Waals surface area contributed by atoms with Gasteiger partial charge >= 0.3 is 11.9 Å². The minimum absolute atomic E-state index is 0.384. The van der Waals surface area contributed by atoms with Gasteiger partial charge in [-0.25, -0.2) is 0 Å². The monoisotopic (exact) mass is 308 g/mol. The number of carbonyl (C=O) groups is 2. The Morgan fingerprint density at radius 3 is 2.09 bits per heavy atom. The molecule has 0 amide bonds. The fourth-order valence-electron chi connectivity index (χ4n) is 3.08. The van der Waals surface area contributed by atoms with E-state index in [0.29, 0.717) is 6.42 Å². The summed E-state index contributed by atoms with van der Waals surface area (Å²) in [6, 6.07) is 0. The van der Waals surface area contributed by atoms with Crippen molar-refractivity contribution in [2.75, 3.05) is 0 Å². The molecule has 1 aliphatic rings. The zero-order valence-corrected chi connectivity index (χ0v) is 13.5. The van der Waals surface area contributed by atoms with Crippen LogP contribution in [-0.2, 0) is 9.59 Å². The number of unbranched alkanes of at least 4 members (excludes halogenated alkanes) is 7. The molecule has 0 spiro atoms. The molecule has 0 radical (unpaired) electrons. The molecule has 0 aromatic heterocycles. The summed E-state index contributed by atoms with van der Waals surface area (Å²) in [5.41, 5.74) is -1.29. The summed E-state index contributed by atoms with van der Waals surface area (Å²) < 4.78 is 0. The highest BCUT2D eigenvalue weighted by molar-refractivity contribution is 5.87. The zero-order valence-electron chi connectivity index (χ0n) is 13.5. The molecular formula is C18H28O4. The first-order valence-electron chi connectivity index (χ1n) is 8.37. The number of aliphatic carboxylic acids is 2. The molecule has 2 atom stereocenters. The molecule has 4 heteroatoms. The van der Waals surface area contributed by atoms with Crippen molar-refractivity contribution in [3.05, 3.63) is 24.3 Å². The molecule has 0 aromatic carbocycles. The Bertz CT molecular complexity index is 425. The fourth-order valence-corrected chi connectivity index (χ4v) is 3.08. The maximum atomic E-state index is 11.7. The Morgan fingerprint density at radius 2 is 1.55 bits per heavy atom. The van der Waals surface area contributed by atoms with E-state index in [1.807, 2.05) is 0 Å². The molecule has 0 fully saturated rings. The first kappa shape index (κ1) is 18.5. The molecule has 124 valence electrons. The van der Waals surface area contributed by atoms with Crippen LogP contribution in [0.15, 0.2) is 24.3 Å². The van der Waals surface area contributed by atoms with Crippen molar-refractivity contribution in [1.29, 1.82) is 0 Å². The van der Waals surface area contributed by atoms with Gasteiger partial charge in [-0.1, -0.05) is 82.6 Å². The number of hydrogen-bond donors (Lipinski definition) is 2. The number of hydrogen-bond acceptors (Lipinski definition) is 2. The lowest BCUT2D eigenvalue weighted by molar-refractivity contribution is -0.157. The minimum Gasteiger partial charge on any atom is -0.481 e. The number of carboxylic acids is 2. The SMILES string of the molecule is CCCCCCCCCCC1(C(=O)O)C=CC=CC1C(=O)O. The van der Waals surface area contributed by atoms with E-state index in [4.69, 9.17) is 0 Å². The summed E-state index contributed by atoms with van der Waals surface area (Å²) in [6.07, 6.45) is 15.7. The van der Waals surface area contributed by atoms with Gasteiger partial charge in [0.05, 0.1) is 5.92 Å². The molecule has 2 unspecified atom stereocenters. The molecule has 0 aliphatic heterocycles. The Morgan fingerprint density at radius 1 is 0.955 bits per heavy atom. The normalized spacial score (nSPS) is 23.6. The maximum absolute atomic E-state index is 11.7. The molecule has 1 aliphatic carbocycles. The van der Waals surface area contributed by atoms with E-state index in [1.54, 1.807) is 18.2 Å². The van der Waals surface area contributed by atoms with Crippen LogP contribution in [0.5, 0.6) is 0 Å². The Kier molecular flexibility index (Phi) is 7.92. The van der Waals surface area contributed by atoms with Crippen molar-refractivity contribution in [3.8, 4) is 0 Å². The van der Waals surface area contributed by atoms with Crippen molar-refractivity contribution < 1.29 is 19.8 Å². The second-order valence-electron chi connectivity index (χ2n) is 6.13. The summed E-state index contributed by atoms with van der Waals surface area (Å²) in [5, 5.41) is 18.9. The van der Waals surface area contributed by atoms with Crippen LogP contribution in [0, 0.1) is 11.3 Å². The summed E-state index contributed by atoms with van der Waals surface area (Å²) in [6.45, 7) is 2.19. The lowest BCUT2D eigenvalue weighted by Crippen LogP contribution is -2.41. The summed E-state index contributed by atoms with van der Waals surface area (Å²) in [4.78, 5) is 23.0. The van der Waals surface area contributed by atoms with Gasteiger partial charge in [0, 0.05) is 0 Å². The molecular weight excluding hydrogens is 280 g/mol. The Hall–Kier alpha value is -1.58. The van der Waals surface area contributed by atoms with E-state index in [2.05, 4.69) is 6.92 Å². The van der Waals surface area contributed by atoms with Crippen molar-refractivity contribution in [2.24, 2.45) is 11.3 Å². The molecule has 2 N–H and O–H groups in total.